The molecule has 0 aliphatic carbocycles. The van der Waals surface area contributed by atoms with Gasteiger partial charge in [-0.25, -0.2) is 0 Å². The van der Waals surface area contributed by atoms with Gasteiger partial charge in [-0.3, -0.25) is 9.11 Å². The molecule has 0 bridgehead atoms. The molecule has 0 fully saturated rings. The Morgan fingerprint density at radius 1 is 0.800 bits per heavy atom. The average Bonchev–Trinajstić information content (AvgIpc) is 0.722. The van der Waals surface area contributed by atoms with Crippen molar-refractivity contribution in [2.75, 3.05) is 0 Å². The van der Waals surface area contributed by atoms with Crippen LogP contribution in [0.2, 0.25) is 0 Å². The van der Waals surface area contributed by atoms with Crippen LogP contribution in [0.25, 0.3) is 0 Å². The number of hydrogen-bond acceptors (Lipinski definition) is 2. The average molecular weight is 331 g/mol. The van der Waals surface area contributed by atoms with Crippen LogP contribution in [-0.4, -0.2) is 17.5 Å². The van der Waals surface area contributed by atoms with E-state index in [0.717, 1.165) is 0 Å². The maximum absolute atomic E-state index is 8.74. The summed E-state index contributed by atoms with van der Waals surface area (Å²) in [7, 11) is -4.67. The van der Waals surface area contributed by atoms with Crippen LogP contribution >= 0.6 is 0 Å². The van der Waals surface area contributed by atoms with Gasteiger partial charge in [0.15, 0.2) is 0 Å². The summed E-state index contributed by atoms with van der Waals surface area (Å²) in [4.78, 5) is 0. The van der Waals surface area contributed by atoms with Crippen molar-refractivity contribution in [3.63, 3.8) is 0 Å². The van der Waals surface area contributed by atoms with E-state index in [1.54, 1.807) is 0 Å². The van der Waals surface area contributed by atoms with Crippen molar-refractivity contribution < 1.29 is 93.4 Å². The first kappa shape index (κ1) is 40.6. The third kappa shape index (κ3) is 215. The molecule has 0 atom stereocenters. The Balaban J connectivity index is -0.00000000800. The zero-order valence-corrected chi connectivity index (χ0v) is 10.4. The fourth-order valence-corrected chi connectivity index (χ4v) is 0. The van der Waals surface area contributed by atoms with Crippen molar-refractivity contribution in [3.8, 4) is 0 Å². The van der Waals surface area contributed by atoms with E-state index in [2.05, 4.69) is 0 Å². The van der Waals surface area contributed by atoms with Gasteiger partial charge in [0, 0.05) is 0 Å². The molecule has 2 N–H and O–H groups in total. The zero-order valence-electron chi connectivity index (χ0n) is 4.13. The smallest absolute Gasteiger partial charge is 1.00 e. The van der Waals surface area contributed by atoms with Crippen molar-refractivity contribution in [2.24, 2.45) is 0 Å². The molecule has 10 heavy (non-hydrogen) atoms. The Hall–Kier alpha value is 1.91. The molecule has 10 heteroatoms. The fraction of sp³-hybridized carbons (Fsp3) is 0. The van der Waals surface area contributed by atoms with Crippen LogP contribution in [0.3, 0.4) is 0 Å². The second kappa shape index (κ2) is 17.1. The molecule has 0 radical (unpaired) electrons. The van der Waals surface area contributed by atoms with E-state index >= 15 is 0 Å². The molecule has 0 unspecified atom stereocenters. The first-order valence-corrected chi connectivity index (χ1v) is 2.10. The molecule has 0 aromatic rings. The SMILES string of the molecule is O=S(=O)(O)O.[Cl-].[Cl-].[Cl-].[Cl-].[Zr+4]. The normalized spacial score (nSPS) is 5.80. The van der Waals surface area contributed by atoms with Crippen LogP contribution in [0.1, 0.15) is 0 Å². The minimum atomic E-state index is -4.67. The van der Waals surface area contributed by atoms with Crippen LogP contribution in [0.4, 0.5) is 0 Å². The predicted octanol–water partition coefficient (Wildman–Crippen LogP) is -12.6. The first-order chi connectivity index (χ1) is 2.00. The first-order valence-electron chi connectivity index (χ1n) is 0.698. The van der Waals surface area contributed by atoms with E-state index in [-0.39, 0.29) is 75.8 Å². The summed E-state index contributed by atoms with van der Waals surface area (Å²) in [5.41, 5.74) is 0. The zero-order chi connectivity index (χ0) is 4.50. The molecule has 0 saturated carbocycles. The summed E-state index contributed by atoms with van der Waals surface area (Å²) >= 11 is 0. The van der Waals surface area contributed by atoms with Crippen LogP contribution in [-0.2, 0) is 36.6 Å². The van der Waals surface area contributed by atoms with Gasteiger partial charge in [0.25, 0.3) is 0 Å². The topological polar surface area (TPSA) is 74.6 Å². The van der Waals surface area contributed by atoms with Gasteiger partial charge in [-0.15, -0.1) is 0 Å². The molecular weight excluding hydrogens is 329 g/mol. The molecule has 0 aromatic heterocycles. The molecule has 0 heterocycles. The molecule has 0 saturated heterocycles. The maximum atomic E-state index is 8.74. The van der Waals surface area contributed by atoms with E-state index in [4.69, 9.17) is 17.5 Å². The molecule has 0 rings (SSSR count). The Labute approximate surface area is 103 Å². The van der Waals surface area contributed by atoms with Crippen LogP contribution in [0.15, 0.2) is 0 Å². The van der Waals surface area contributed by atoms with Gasteiger partial charge in [-0.2, -0.15) is 8.42 Å². The van der Waals surface area contributed by atoms with Crippen molar-refractivity contribution in [2.45, 2.75) is 0 Å². The summed E-state index contributed by atoms with van der Waals surface area (Å²) in [5, 5.41) is 0. The number of hydrogen-bond donors (Lipinski definition) is 2. The standard InChI is InChI=1S/4ClH.H2O4S.Zr/c;;;;1-5(2,3)4;/h4*1H;(H2,1,2,3,4);/q;;;;;+4/p-4. The van der Waals surface area contributed by atoms with Gasteiger partial charge in [-0.1, -0.05) is 0 Å². The molecule has 0 aromatic carbocycles. The molecule has 0 amide bonds. The monoisotopic (exact) mass is 328 g/mol. The van der Waals surface area contributed by atoms with Gasteiger partial charge >= 0.3 is 36.6 Å². The van der Waals surface area contributed by atoms with Crippen molar-refractivity contribution in [1.29, 1.82) is 0 Å². The molecule has 64 valence electrons. The summed E-state index contributed by atoms with van der Waals surface area (Å²) in [6.07, 6.45) is 0. The van der Waals surface area contributed by atoms with Crippen molar-refractivity contribution in [3.05, 3.63) is 0 Å². The van der Waals surface area contributed by atoms with Gasteiger partial charge < -0.3 is 49.6 Å². The van der Waals surface area contributed by atoms with Gasteiger partial charge in [0.05, 0.1) is 0 Å². The molecular formula is H2Cl4O4SZr. The minimum Gasteiger partial charge on any atom is -1.00 e. The fourth-order valence-electron chi connectivity index (χ4n) is 0. The summed E-state index contributed by atoms with van der Waals surface area (Å²) < 4.78 is 31.6. The Bertz CT molecular complexity index is 100. The van der Waals surface area contributed by atoms with Gasteiger partial charge in [0.2, 0.25) is 0 Å². The molecule has 4 nitrogen and oxygen atoms in total. The molecule has 0 spiro atoms. The van der Waals surface area contributed by atoms with Gasteiger partial charge in [0.1, 0.15) is 0 Å². The van der Waals surface area contributed by atoms with E-state index in [0.29, 0.717) is 0 Å². The predicted molar refractivity (Wildman–Crippen MR) is 14.2 cm³/mol. The summed E-state index contributed by atoms with van der Waals surface area (Å²) in [6, 6.07) is 0. The summed E-state index contributed by atoms with van der Waals surface area (Å²) in [6.45, 7) is 0. The second-order valence-corrected chi connectivity index (χ2v) is 1.34. The largest absolute Gasteiger partial charge is 4.00 e. The Morgan fingerprint density at radius 2 is 0.800 bits per heavy atom. The van der Waals surface area contributed by atoms with Crippen LogP contribution in [0, 0.1) is 0 Å². The van der Waals surface area contributed by atoms with E-state index in [9.17, 15) is 0 Å². The van der Waals surface area contributed by atoms with Crippen LogP contribution in [0.5, 0.6) is 0 Å². The number of halogens is 4. The van der Waals surface area contributed by atoms with Gasteiger partial charge in [-0.05, 0) is 0 Å². The third-order valence-electron chi connectivity index (χ3n) is 0. The number of rotatable bonds is 0. The quantitative estimate of drug-likeness (QED) is 0.433. The van der Waals surface area contributed by atoms with E-state index in [1.807, 2.05) is 0 Å². The summed E-state index contributed by atoms with van der Waals surface area (Å²) in [5.74, 6) is 0. The Kier molecular flexibility index (Phi) is 69.5. The molecule has 0 aliphatic heterocycles. The van der Waals surface area contributed by atoms with E-state index < -0.39 is 10.4 Å². The molecule has 0 aliphatic rings. The van der Waals surface area contributed by atoms with Crippen molar-refractivity contribution >= 4 is 10.4 Å². The third-order valence-corrected chi connectivity index (χ3v) is 0. The maximum Gasteiger partial charge on any atom is 4.00 e. The van der Waals surface area contributed by atoms with E-state index in [1.165, 1.54) is 0 Å². The Morgan fingerprint density at radius 3 is 0.800 bits per heavy atom. The second-order valence-electron chi connectivity index (χ2n) is 0.448. The minimum absolute atomic E-state index is 0. The van der Waals surface area contributed by atoms with Crippen molar-refractivity contribution in [1.82, 2.24) is 0 Å². The van der Waals surface area contributed by atoms with Crippen LogP contribution < -0.4 is 49.6 Å².